The molecule has 19 heavy (non-hydrogen) atoms. The number of amides is 1. The van der Waals surface area contributed by atoms with Crippen molar-refractivity contribution in [2.45, 2.75) is 13.0 Å². The van der Waals surface area contributed by atoms with Crippen molar-refractivity contribution in [3.05, 3.63) is 58.3 Å². The first-order chi connectivity index (χ1) is 9.09. The number of aliphatic hydroxyl groups excluding tert-OH is 1. The van der Waals surface area contributed by atoms with Crippen LogP contribution >= 0.6 is 15.9 Å². The maximum absolute atomic E-state index is 12.1. The molecule has 5 heteroatoms. The van der Waals surface area contributed by atoms with Crippen molar-refractivity contribution in [1.29, 1.82) is 0 Å². The second kappa shape index (κ2) is 5.95. The van der Waals surface area contributed by atoms with E-state index in [-0.39, 0.29) is 5.91 Å². The van der Waals surface area contributed by atoms with Crippen LogP contribution < -0.4 is 5.32 Å². The Bertz CT molecular complexity index is 600. The summed E-state index contributed by atoms with van der Waals surface area (Å²) >= 11 is 3.24. The molecule has 1 amide bonds. The number of nitrogens with one attached hydrogen (secondary N) is 1. The van der Waals surface area contributed by atoms with Crippen molar-refractivity contribution in [1.82, 2.24) is 4.98 Å². The highest BCUT2D eigenvalue weighted by Gasteiger charge is 2.13. The summed E-state index contributed by atoms with van der Waals surface area (Å²) < 4.78 is 0.488. The summed E-state index contributed by atoms with van der Waals surface area (Å²) in [6, 6.07) is 10.5. The molecule has 1 unspecified atom stereocenters. The third-order valence-corrected chi connectivity index (χ3v) is 3.29. The van der Waals surface area contributed by atoms with Gasteiger partial charge in [-0.2, -0.15) is 0 Å². The van der Waals surface area contributed by atoms with Crippen molar-refractivity contribution in [3.63, 3.8) is 0 Å². The molecule has 0 saturated carbocycles. The second-order valence-corrected chi connectivity index (χ2v) is 4.81. The average Bonchev–Trinajstić information content (AvgIpc) is 2.39. The van der Waals surface area contributed by atoms with Crippen molar-refractivity contribution in [2.75, 3.05) is 5.32 Å². The number of nitrogens with zero attached hydrogens (tertiary/aromatic N) is 1. The number of hydrogen-bond donors (Lipinski definition) is 2. The second-order valence-electron chi connectivity index (χ2n) is 4.06. The summed E-state index contributed by atoms with van der Waals surface area (Å²) in [6.07, 6.45) is 0.957. The first kappa shape index (κ1) is 13.7. The highest BCUT2D eigenvalue weighted by Crippen LogP contribution is 2.23. The number of aromatic nitrogens is 1. The minimum atomic E-state index is -0.645. The van der Waals surface area contributed by atoms with Gasteiger partial charge in [0.05, 0.1) is 11.7 Å². The molecule has 2 aromatic rings. The topological polar surface area (TPSA) is 62.2 Å². The molecule has 2 N–H and O–H groups in total. The zero-order valence-electron chi connectivity index (χ0n) is 10.3. The number of para-hydroxylation sites is 1. The number of aliphatic hydroxyl groups is 1. The van der Waals surface area contributed by atoms with E-state index < -0.39 is 6.10 Å². The zero-order valence-corrected chi connectivity index (χ0v) is 11.9. The van der Waals surface area contributed by atoms with Crippen LogP contribution in [-0.2, 0) is 0 Å². The van der Waals surface area contributed by atoms with Gasteiger partial charge in [-0.05, 0) is 41.1 Å². The average molecular weight is 321 g/mol. The molecular weight excluding hydrogens is 308 g/mol. The number of carbonyl (C=O) groups excluding carboxylic acids is 1. The predicted molar refractivity (Wildman–Crippen MR) is 77.0 cm³/mol. The Hall–Kier alpha value is -1.72. The third-order valence-electron chi connectivity index (χ3n) is 2.66. The molecule has 0 fully saturated rings. The lowest BCUT2D eigenvalue weighted by Crippen LogP contribution is -2.14. The quantitative estimate of drug-likeness (QED) is 0.854. The standard InChI is InChI=1S/C14H13BrN2O2/c1-9(18)10-5-2-3-7-12(10)17-14(19)11-6-4-8-16-13(11)15/h2-9,18H,1H3,(H,17,19). The summed E-state index contributed by atoms with van der Waals surface area (Å²) in [7, 11) is 0. The van der Waals surface area contributed by atoms with E-state index in [4.69, 9.17) is 0 Å². The van der Waals surface area contributed by atoms with E-state index in [0.717, 1.165) is 0 Å². The number of pyridine rings is 1. The zero-order chi connectivity index (χ0) is 13.8. The molecule has 0 aliphatic rings. The van der Waals surface area contributed by atoms with Crippen LogP contribution in [0.1, 0.15) is 28.9 Å². The van der Waals surface area contributed by atoms with Gasteiger partial charge in [-0.15, -0.1) is 0 Å². The Morgan fingerprint density at radius 1 is 1.32 bits per heavy atom. The van der Waals surface area contributed by atoms with Crippen LogP contribution in [0.4, 0.5) is 5.69 Å². The molecule has 98 valence electrons. The third kappa shape index (κ3) is 3.19. The molecule has 0 radical (unpaired) electrons. The van der Waals surface area contributed by atoms with E-state index in [1.807, 2.05) is 6.07 Å². The molecule has 1 aromatic heterocycles. The van der Waals surface area contributed by atoms with Gasteiger partial charge in [0.1, 0.15) is 4.60 Å². The number of anilines is 1. The van der Waals surface area contributed by atoms with Gasteiger partial charge < -0.3 is 10.4 Å². The molecule has 1 heterocycles. The molecule has 1 aromatic carbocycles. The van der Waals surface area contributed by atoms with E-state index in [2.05, 4.69) is 26.2 Å². The lowest BCUT2D eigenvalue weighted by molar-refractivity contribution is 0.102. The maximum Gasteiger partial charge on any atom is 0.258 e. The van der Waals surface area contributed by atoms with Gasteiger partial charge in [-0.1, -0.05) is 18.2 Å². The Kier molecular flexibility index (Phi) is 4.29. The first-order valence-corrected chi connectivity index (χ1v) is 6.57. The number of rotatable bonds is 3. The molecular formula is C14H13BrN2O2. The van der Waals surface area contributed by atoms with E-state index in [0.29, 0.717) is 21.4 Å². The molecule has 2 rings (SSSR count). The monoisotopic (exact) mass is 320 g/mol. The largest absolute Gasteiger partial charge is 0.389 e. The van der Waals surface area contributed by atoms with Gasteiger partial charge >= 0.3 is 0 Å². The van der Waals surface area contributed by atoms with Crippen LogP contribution in [0.25, 0.3) is 0 Å². The fourth-order valence-corrected chi connectivity index (χ4v) is 2.15. The smallest absolute Gasteiger partial charge is 0.258 e. The van der Waals surface area contributed by atoms with Gasteiger partial charge in [0.25, 0.3) is 5.91 Å². The maximum atomic E-state index is 12.1. The summed E-state index contributed by atoms with van der Waals surface area (Å²) in [6.45, 7) is 1.66. The molecule has 0 saturated heterocycles. The highest BCUT2D eigenvalue weighted by atomic mass is 79.9. The molecule has 0 aliphatic heterocycles. The predicted octanol–water partition coefficient (Wildman–Crippen LogP) is 3.15. The normalized spacial score (nSPS) is 11.9. The summed E-state index contributed by atoms with van der Waals surface area (Å²) in [5, 5.41) is 12.4. The number of benzene rings is 1. The van der Waals surface area contributed by atoms with E-state index in [1.165, 1.54) is 0 Å². The van der Waals surface area contributed by atoms with Crippen LogP contribution in [0, 0.1) is 0 Å². The number of carbonyl (C=O) groups is 1. The number of hydrogen-bond acceptors (Lipinski definition) is 3. The van der Waals surface area contributed by atoms with Crippen molar-refractivity contribution in [3.8, 4) is 0 Å². The van der Waals surface area contributed by atoms with E-state index in [9.17, 15) is 9.90 Å². The Balaban J connectivity index is 2.27. The fourth-order valence-electron chi connectivity index (χ4n) is 1.72. The van der Waals surface area contributed by atoms with Crippen molar-refractivity contribution < 1.29 is 9.90 Å². The summed E-state index contributed by atoms with van der Waals surface area (Å²) in [4.78, 5) is 16.2. The van der Waals surface area contributed by atoms with Crippen LogP contribution in [0.2, 0.25) is 0 Å². The van der Waals surface area contributed by atoms with Gasteiger partial charge in [-0.3, -0.25) is 4.79 Å². The Labute approximate surface area is 119 Å². The lowest BCUT2D eigenvalue weighted by Gasteiger charge is -2.13. The van der Waals surface area contributed by atoms with Crippen molar-refractivity contribution in [2.24, 2.45) is 0 Å². The van der Waals surface area contributed by atoms with E-state index >= 15 is 0 Å². The number of halogens is 1. The Morgan fingerprint density at radius 3 is 2.74 bits per heavy atom. The van der Waals surface area contributed by atoms with Gasteiger partial charge in [0, 0.05) is 17.4 Å². The van der Waals surface area contributed by atoms with Crippen LogP contribution in [0.15, 0.2) is 47.2 Å². The van der Waals surface area contributed by atoms with Crippen LogP contribution in [0.5, 0.6) is 0 Å². The Morgan fingerprint density at radius 2 is 2.05 bits per heavy atom. The fraction of sp³-hybridized carbons (Fsp3) is 0.143. The van der Waals surface area contributed by atoms with Gasteiger partial charge in [0.2, 0.25) is 0 Å². The molecule has 0 spiro atoms. The minimum absolute atomic E-state index is 0.270. The van der Waals surface area contributed by atoms with Crippen LogP contribution in [-0.4, -0.2) is 16.0 Å². The molecule has 4 nitrogen and oxygen atoms in total. The molecule has 0 aliphatic carbocycles. The summed E-state index contributed by atoms with van der Waals surface area (Å²) in [5.41, 5.74) is 1.72. The highest BCUT2D eigenvalue weighted by molar-refractivity contribution is 9.10. The lowest BCUT2D eigenvalue weighted by atomic mass is 10.1. The summed E-state index contributed by atoms with van der Waals surface area (Å²) in [5.74, 6) is -0.270. The van der Waals surface area contributed by atoms with Gasteiger partial charge in [0.15, 0.2) is 0 Å². The van der Waals surface area contributed by atoms with Gasteiger partial charge in [-0.25, -0.2) is 4.98 Å². The minimum Gasteiger partial charge on any atom is -0.389 e. The SMILES string of the molecule is CC(O)c1ccccc1NC(=O)c1cccnc1Br. The molecule has 1 atom stereocenters. The molecule has 0 bridgehead atoms. The van der Waals surface area contributed by atoms with E-state index in [1.54, 1.807) is 43.5 Å². The van der Waals surface area contributed by atoms with Crippen molar-refractivity contribution >= 4 is 27.5 Å². The first-order valence-electron chi connectivity index (χ1n) is 5.78. The van der Waals surface area contributed by atoms with Crippen LogP contribution in [0.3, 0.4) is 0 Å².